The van der Waals surface area contributed by atoms with Crippen molar-refractivity contribution in [2.24, 2.45) is 7.05 Å². The zero-order chi connectivity index (χ0) is 24.9. The Morgan fingerprint density at radius 3 is 2.80 bits per heavy atom. The molecule has 0 saturated carbocycles. The van der Waals surface area contributed by atoms with Gasteiger partial charge in [-0.1, -0.05) is 23.7 Å². The van der Waals surface area contributed by atoms with E-state index in [1.54, 1.807) is 44.3 Å². The third-order valence-corrected chi connectivity index (χ3v) is 6.87. The number of aliphatic hydroxyl groups excluding tert-OH is 1. The maximum Gasteiger partial charge on any atom is 0.419 e. The summed E-state index contributed by atoms with van der Waals surface area (Å²) in [5.41, 5.74) is 1.66. The fraction of sp³-hybridized carbons (Fsp3) is 0.320. The van der Waals surface area contributed by atoms with Gasteiger partial charge in [0.1, 0.15) is 0 Å². The fourth-order valence-electron chi connectivity index (χ4n) is 4.79. The highest BCUT2D eigenvalue weighted by molar-refractivity contribution is 6.31. The van der Waals surface area contributed by atoms with Crippen LogP contribution in [0.4, 0.5) is 0 Å². The smallest absolute Gasteiger partial charge is 0.408 e. The third kappa shape index (κ3) is 3.85. The Balaban J connectivity index is 1.78. The van der Waals surface area contributed by atoms with E-state index in [4.69, 9.17) is 20.8 Å². The summed E-state index contributed by atoms with van der Waals surface area (Å²) >= 11 is 6.43. The molecule has 10 heteroatoms. The summed E-state index contributed by atoms with van der Waals surface area (Å²) in [5.74, 6) is -0.530. The number of rotatable bonds is 5. The zero-order valence-electron chi connectivity index (χ0n) is 19.2. The van der Waals surface area contributed by atoms with Crippen LogP contribution in [0.15, 0.2) is 61.4 Å². The van der Waals surface area contributed by atoms with E-state index < -0.39 is 29.3 Å². The van der Waals surface area contributed by atoms with Gasteiger partial charge in [0.25, 0.3) is 5.56 Å². The maximum atomic E-state index is 13.8. The number of aromatic nitrogens is 3. The molecular formula is C25H24ClN3O6. The number of halogens is 1. The summed E-state index contributed by atoms with van der Waals surface area (Å²) < 4.78 is 14.4. The highest BCUT2D eigenvalue weighted by atomic mass is 35.5. The molecule has 1 N–H and O–H groups in total. The van der Waals surface area contributed by atoms with Gasteiger partial charge in [-0.05, 0) is 55.5 Å². The maximum absolute atomic E-state index is 13.8. The third-order valence-electron chi connectivity index (χ3n) is 6.52. The molecule has 2 atom stereocenters. The quantitative estimate of drug-likeness (QED) is 0.424. The molecule has 35 heavy (non-hydrogen) atoms. The first kappa shape index (κ1) is 23.3. The Morgan fingerprint density at radius 1 is 1.23 bits per heavy atom. The molecule has 2 aromatic carbocycles. The van der Waals surface area contributed by atoms with Crippen LogP contribution in [0.3, 0.4) is 0 Å². The Hall–Kier alpha value is -3.40. The Morgan fingerprint density at radius 2 is 2.03 bits per heavy atom. The molecule has 9 nitrogen and oxygen atoms in total. The predicted octanol–water partition coefficient (Wildman–Crippen LogP) is 3.05. The molecule has 2 heterocycles. The van der Waals surface area contributed by atoms with E-state index in [1.165, 1.54) is 15.3 Å². The van der Waals surface area contributed by atoms with Crippen molar-refractivity contribution in [1.29, 1.82) is 0 Å². The minimum absolute atomic E-state index is 0.0739. The molecule has 0 aliphatic heterocycles. The van der Waals surface area contributed by atoms with Gasteiger partial charge < -0.3 is 14.3 Å². The summed E-state index contributed by atoms with van der Waals surface area (Å²) in [6, 6.07) is 9.76. The van der Waals surface area contributed by atoms with Crippen LogP contribution in [0.25, 0.3) is 16.8 Å². The van der Waals surface area contributed by atoms with Crippen LogP contribution >= 0.6 is 11.6 Å². The first-order valence-electron chi connectivity index (χ1n) is 11.4. The number of hydrogen-bond donors (Lipinski definition) is 1. The van der Waals surface area contributed by atoms with E-state index in [0.717, 1.165) is 28.5 Å². The molecule has 1 aliphatic carbocycles. The molecule has 0 saturated heterocycles. The minimum atomic E-state index is -1.52. The van der Waals surface area contributed by atoms with Crippen molar-refractivity contribution in [2.45, 2.75) is 38.5 Å². The molecule has 4 aromatic rings. The van der Waals surface area contributed by atoms with Crippen LogP contribution in [0.5, 0.6) is 0 Å². The first-order chi connectivity index (χ1) is 16.8. The normalized spacial score (nSPS) is 16.4. The molecule has 2 aromatic heterocycles. The number of benzene rings is 2. The van der Waals surface area contributed by atoms with Crippen LogP contribution < -0.4 is 17.0 Å². The summed E-state index contributed by atoms with van der Waals surface area (Å²) in [6.45, 7) is 1.87. The monoisotopic (exact) mass is 497 g/mol. The molecule has 1 aliphatic rings. The molecular weight excluding hydrogens is 474 g/mol. The number of hydrogen-bond acceptors (Lipinski definition) is 6. The average molecular weight is 498 g/mol. The van der Waals surface area contributed by atoms with E-state index in [1.807, 2.05) is 6.07 Å². The highest BCUT2D eigenvalue weighted by Crippen LogP contribution is 2.35. The Kier molecular flexibility index (Phi) is 6.00. The number of nitrogens with zero attached hydrogens (tertiary/aromatic N) is 3. The lowest BCUT2D eigenvalue weighted by Gasteiger charge is -2.28. The van der Waals surface area contributed by atoms with Gasteiger partial charge in [0.2, 0.25) is 0 Å². The largest absolute Gasteiger partial charge is 0.419 e. The average Bonchev–Trinajstić information content (AvgIpc) is 3.12. The molecule has 5 rings (SSSR count). The van der Waals surface area contributed by atoms with Gasteiger partial charge in [-0.2, -0.15) is 0 Å². The summed E-state index contributed by atoms with van der Waals surface area (Å²) in [6.07, 6.45) is 1.81. The topological polar surface area (TPSA) is 109 Å². The first-order valence-corrected chi connectivity index (χ1v) is 11.7. The molecule has 182 valence electrons. The number of fused-ring (bicyclic) bond motifs is 2. The van der Waals surface area contributed by atoms with Crippen molar-refractivity contribution in [1.82, 2.24) is 13.7 Å². The molecule has 0 amide bonds. The van der Waals surface area contributed by atoms with Gasteiger partial charge in [-0.15, -0.1) is 0 Å². The van der Waals surface area contributed by atoms with Gasteiger partial charge in [0, 0.05) is 30.9 Å². The lowest BCUT2D eigenvalue weighted by Crippen LogP contribution is -2.44. The number of aryl methyl sites for hydroxylation is 1. The highest BCUT2D eigenvalue weighted by Gasteiger charge is 2.29. The van der Waals surface area contributed by atoms with E-state index >= 15 is 0 Å². The fourth-order valence-corrected chi connectivity index (χ4v) is 5.06. The Labute approximate surface area is 204 Å². The number of aliphatic hydroxyl groups is 1. The van der Waals surface area contributed by atoms with Crippen molar-refractivity contribution in [3.63, 3.8) is 0 Å². The van der Waals surface area contributed by atoms with Crippen LogP contribution in [-0.2, 0) is 18.2 Å². The minimum Gasteiger partial charge on any atom is -0.408 e. The molecule has 0 spiro atoms. The van der Waals surface area contributed by atoms with Crippen molar-refractivity contribution >= 4 is 22.7 Å². The standard InChI is InChI=1S/C25H24ClN3O6/c1-3-34-23(31)17-13-28(14-10-11-20-21(12-14)35-25(33)27(20)2)24(32)29(22(17)30)19-9-5-6-15-16(19)7-4-8-18(15)26/h4,7-8,10-13,19,23,31H,3,5-6,9H2,1-2H3. The molecule has 2 unspecified atom stereocenters. The number of ether oxygens (including phenoxy) is 1. The van der Waals surface area contributed by atoms with E-state index in [2.05, 4.69) is 0 Å². The van der Waals surface area contributed by atoms with E-state index in [0.29, 0.717) is 28.2 Å². The van der Waals surface area contributed by atoms with Crippen LogP contribution in [-0.4, -0.2) is 25.4 Å². The van der Waals surface area contributed by atoms with E-state index in [9.17, 15) is 19.5 Å². The number of oxazole rings is 1. The molecule has 0 fully saturated rings. The second-order valence-corrected chi connectivity index (χ2v) is 8.92. The lowest BCUT2D eigenvalue weighted by molar-refractivity contribution is -0.0994. The van der Waals surface area contributed by atoms with E-state index in [-0.39, 0.29) is 12.2 Å². The summed E-state index contributed by atoms with van der Waals surface area (Å²) in [7, 11) is 1.59. The predicted molar refractivity (Wildman–Crippen MR) is 130 cm³/mol. The molecule has 0 radical (unpaired) electrons. The van der Waals surface area contributed by atoms with Gasteiger partial charge in [-0.25, -0.2) is 9.59 Å². The van der Waals surface area contributed by atoms with Crippen LogP contribution in [0.2, 0.25) is 5.02 Å². The Bertz CT molecular complexity index is 1610. The summed E-state index contributed by atoms with van der Waals surface area (Å²) in [4.78, 5) is 39.3. The van der Waals surface area contributed by atoms with Gasteiger partial charge in [0.05, 0.1) is 22.8 Å². The van der Waals surface area contributed by atoms with Crippen molar-refractivity contribution in [2.75, 3.05) is 6.61 Å². The second-order valence-electron chi connectivity index (χ2n) is 8.51. The zero-order valence-corrected chi connectivity index (χ0v) is 20.0. The van der Waals surface area contributed by atoms with Crippen molar-refractivity contribution < 1.29 is 14.3 Å². The van der Waals surface area contributed by atoms with Gasteiger partial charge in [-0.3, -0.25) is 18.5 Å². The van der Waals surface area contributed by atoms with Gasteiger partial charge >= 0.3 is 11.4 Å². The van der Waals surface area contributed by atoms with Crippen molar-refractivity contribution in [3.8, 4) is 5.69 Å². The summed E-state index contributed by atoms with van der Waals surface area (Å²) in [5, 5.41) is 11.2. The van der Waals surface area contributed by atoms with Crippen LogP contribution in [0, 0.1) is 0 Å². The second kappa shape index (κ2) is 8.99. The van der Waals surface area contributed by atoms with Gasteiger partial charge in [0.15, 0.2) is 11.9 Å². The SMILES string of the molecule is CCOC(O)c1cn(-c2ccc3c(c2)oc(=O)n3C)c(=O)n(C2CCCc3c(Cl)cccc32)c1=O. The van der Waals surface area contributed by atoms with Crippen LogP contribution in [0.1, 0.15) is 48.8 Å². The molecule has 0 bridgehead atoms. The lowest BCUT2D eigenvalue weighted by atomic mass is 9.87. The van der Waals surface area contributed by atoms with Crippen molar-refractivity contribution in [3.05, 3.63) is 95.7 Å².